The second kappa shape index (κ2) is 9.36. The van der Waals surface area contributed by atoms with Gasteiger partial charge < -0.3 is 4.74 Å². The lowest BCUT2D eigenvalue weighted by Gasteiger charge is -2.18. The number of hydrogen-bond acceptors (Lipinski definition) is 7. The highest BCUT2D eigenvalue weighted by atomic mass is 32.1. The van der Waals surface area contributed by atoms with Crippen LogP contribution in [0.3, 0.4) is 0 Å². The molecule has 0 unspecified atom stereocenters. The van der Waals surface area contributed by atoms with Gasteiger partial charge in [0.2, 0.25) is 0 Å². The van der Waals surface area contributed by atoms with Gasteiger partial charge in [-0.3, -0.25) is 24.8 Å². The molecule has 0 saturated heterocycles. The maximum atomic E-state index is 13.2. The number of carbonyl (C=O) groups excluding carboxylic acids is 1. The number of nitro groups is 1. The van der Waals surface area contributed by atoms with E-state index in [1.165, 1.54) is 29.5 Å². The van der Waals surface area contributed by atoms with Gasteiger partial charge in [-0.05, 0) is 41.5 Å². The number of carbonyl (C=O) groups is 1. The summed E-state index contributed by atoms with van der Waals surface area (Å²) in [6, 6.07) is 15.3. The summed E-state index contributed by atoms with van der Waals surface area (Å²) in [5, 5.41) is 11.5. The van der Waals surface area contributed by atoms with E-state index in [4.69, 9.17) is 4.74 Å². The average Bonchev–Trinajstić information content (AvgIpc) is 3.24. The molecule has 0 atom stereocenters. The number of pyridine rings is 1. The highest BCUT2D eigenvalue weighted by molar-refractivity contribution is 7.22. The number of methoxy groups -OCH3 is 1. The molecule has 0 spiro atoms. The third kappa shape index (κ3) is 4.79. The van der Waals surface area contributed by atoms with Crippen LogP contribution in [0.4, 0.5) is 10.8 Å². The fourth-order valence-electron chi connectivity index (χ4n) is 3.05. The van der Waals surface area contributed by atoms with Crippen molar-refractivity contribution in [2.45, 2.75) is 6.54 Å². The summed E-state index contributed by atoms with van der Waals surface area (Å²) in [4.78, 5) is 34.0. The van der Waals surface area contributed by atoms with Crippen LogP contribution >= 0.6 is 11.3 Å². The van der Waals surface area contributed by atoms with Crippen molar-refractivity contribution in [3.05, 3.63) is 94.3 Å². The first-order valence-corrected chi connectivity index (χ1v) is 10.4. The largest absolute Gasteiger partial charge is 0.497 e. The summed E-state index contributed by atoms with van der Waals surface area (Å²) in [5.41, 5.74) is 2.13. The summed E-state index contributed by atoms with van der Waals surface area (Å²) in [5.74, 6) is 0.412. The Hall–Kier alpha value is -4.11. The lowest BCUT2D eigenvalue weighted by molar-refractivity contribution is -0.384. The van der Waals surface area contributed by atoms with Crippen LogP contribution in [-0.2, 0) is 11.3 Å². The smallest absolute Gasteiger partial charge is 0.270 e. The SMILES string of the molecule is COc1ccc2nc(N(Cc3cccnc3)C(=O)C=Cc3cccc([N+](=O)[O-])c3)sc2c1. The molecule has 2 aromatic carbocycles. The normalized spacial score (nSPS) is 11.0. The molecular weight excluding hydrogens is 428 g/mol. The van der Waals surface area contributed by atoms with Gasteiger partial charge in [-0.2, -0.15) is 0 Å². The van der Waals surface area contributed by atoms with Crippen molar-refractivity contribution >= 4 is 44.4 Å². The molecule has 0 fully saturated rings. The fourth-order valence-corrected chi connectivity index (χ4v) is 4.05. The standard InChI is InChI=1S/C23H18N4O4S/c1-31-19-8-9-20-21(13-19)32-23(25-20)26(15-17-5-3-11-24-14-17)22(28)10-7-16-4-2-6-18(12-16)27(29)30/h2-14H,15H2,1H3. The van der Waals surface area contributed by atoms with Gasteiger partial charge in [0, 0.05) is 30.6 Å². The molecular formula is C23H18N4O4S. The van der Waals surface area contributed by atoms with Crippen LogP contribution in [0.25, 0.3) is 16.3 Å². The Labute approximate surface area is 187 Å². The van der Waals surface area contributed by atoms with E-state index >= 15 is 0 Å². The molecule has 0 saturated carbocycles. The molecule has 2 heterocycles. The van der Waals surface area contributed by atoms with E-state index in [1.807, 2.05) is 24.3 Å². The Kier molecular flexibility index (Phi) is 6.18. The number of benzene rings is 2. The number of fused-ring (bicyclic) bond motifs is 1. The minimum absolute atomic E-state index is 0.0352. The number of amides is 1. The van der Waals surface area contributed by atoms with Crippen molar-refractivity contribution in [1.82, 2.24) is 9.97 Å². The molecule has 4 aromatic rings. The minimum atomic E-state index is -0.469. The highest BCUT2D eigenvalue weighted by Crippen LogP contribution is 2.32. The van der Waals surface area contributed by atoms with Crippen molar-refractivity contribution in [3.63, 3.8) is 0 Å². The van der Waals surface area contributed by atoms with Gasteiger partial charge in [0.05, 0.1) is 28.8 Å². The number of rotatable bonds is 7. The van der Waals surface area contributed by atoms with Crippen LogP contribution in [0.5, 0.6) is 5.75 Å². The predicted octanol–water partition coefficient (Wildman–Crippen LogP) is 4.85. The van der Waals surface area contributed by atoms with E-state index in [2.05, 4.69) is 9.97 Å². The molecule has 0 aliphatic carbocycles. The molecule has 160 valence electrons. The number of non-ortho nitro benzene ring substituents is 1. The van der Waals surface area contributed by atoms with Crippen molar-refractivity contribution in [2.24, 2.45) is 0 Å². The fraction of sp³-hybridized carbons (Fsp3) is 0.0870. The van der Waals surface area contributed by atoms with Crippen LogP contribution in [0.1, 0.15) is 11.1 Å². The van der Waals surface area contributed by atoms with E-state index < -0.39 is 4.92 Å². The Morgan fingerprint density at radius 2 is 2.09 bits per heavy atom. The third-order valence-corrected chi connectivity index (χ3v) is 5.69. The van der Waals surface area contributed by atoms with Gasteiger partial charge in [0.15, 0.2) is 5.13 Å². The molecule has 0 aliphatic rings. The van der Waals surface area contributed by atoms with Crippen LogP contribution in [0, 0.1) is 10.1 Å². The zero-order chi connectivity index (χ0) is 22.5. The molecule has 32 heavy (non-hydrogen) atoms. The van der Waals surface area contributed by atoms with Crippen LogP contribution in [0.15, 0.2) is 73.1 Å². The summed E-state index contributed by atoms with van der Waals surface area (Å²) >= 11 is 1.38. The van der Waals surface area contributed by atoms with Gasteiger partial charge >= 0.3 is 0 Å². The Balaban J connectivity index is 1.67. The van der Waals surface area contributed by atoms with E-state index in [-0.39, 0.29) is 18.1 Å². The Morgan fingerprint density at radius 3 is 2.84 bits per heavy atom. The zero-order valence-corrected chi connectivity index (χ0v) is 17.9. The Bertz CT molecular complexity index is 1300. The summed E-state index contributed by atoms with van der Waals surface area (Å²) in [6.07, 6.45) is 6.31. The number of nitro benzene ring substituents is 1. The molecule has 0 N–H and O–H groups in total. The lowest BCUT2D eigenvalue weighted by atomic mass is 10.2. The summed E-state index contributed by atoms with van der Waals surface area (Å²) in [7, 11) is 1.60. The van der Waals surface area contributed by atoms with E-state index in [1.54, 1.807) is 48.7 Å². The summed E-state index contributed by atoms with van der Waals surface area (Å²) in [6.45, 7) is 0.281. The average molecular weight is 446 g/mol. The number of thiazole rings is 1. The third-order valence-electron chi connectivity index (χ3n) is 4.64. The maximum absolute atomic E-state index is 13.2. The first-order valence-electron chi connectivity index (χ1n) is 9.61. The van der Waals surface area contributed by atoms with Crippen molar-refractivity contribution in [2.75, 3.05) is 12.0 Å². The first-order chi connectivity index (χ1) is 15.5. The van der Waals surface area contributed by atoms with Crippen molar-refractivity contribution in [3.8, 4) is 5.75 Å². The number of nitrogens with zero attached hydrogens (tertiary/aromatic N) is 4. The monoisotopic (exact) mass is 446 g/mol. The molecule has 0 aliphatic heterocycles. The number of aromatic nitrogens is 2. The van der Waals surface area contributed by atoms with Gasteiger partial charge in [0.1, 0.15) is 5.75 Å². The number of anilines is 1. The second-order valence-electron chi connectivity index (χ2n) is 6.80. The molecule has 0 radical (unpaired) electrons. The van der Waals surface area contributed by atoms with Gasteiger partial charge in [-0.25, -0.2) is 4.98 Å². The maximum Gasteiger partial charge on any atom is 0.270 e. The molecule has 9 heteroatoms. The zero-order valence-electron chi connectivity index (χ0n) is 17.0. The molecule has 1 amide bonds. The van der Waals surface area contributed by atoms with Crippen molar-refractivity contribution in [1.29, 1.82) is 0 Å². The molecule has 2 aromatic heterocycles. The van der Waals surface area contributed by atoms with E-state index in [0.717, 1.165) is 15.8 Å². The Morgan fingerprint density at radius 1 is 1.22 bits per heavy atom. The number of ether oxygens (including phenoxy) is 1. The quantitative estimate of drug-likeness (QED) is 0.229. The minimum Gasteiger partial charge on any atom is -0.497 e. The number of hydrogen-bond donors (Lipinski definition) is 0. The summed E-state index contributed by atoms with van der Waals surface area (Å²) < 4.78 is 6.17. The molecule has 8 nitrogen and oxygen atoms in total. The first kappa shape index (κ1) is 21.1. The van der Waals surface area contributed by atoms with Crippen LogP contribution in [-0.4, -0.2) is 27.9 Å². The molecule has 4 rings (SSSR count). The lowest BCUT2D eigenvalue weighted by Crippen LogP contribution is -2.28. The highest BCUT2D eigenvalue weighted by Gasteiger charge is 2.19. The van der Waals surface area contributed by atoms with Crippen molar-refractivity contribution < 1.29 is 14.5 Å². The van der Waals surface area contributed by atoms with Crippen LogP contribution < -0.4 is 9.64 Å². The van der Waals surface area contributed by atoms with E-state index in [9.17, 15) is 14.9 Å². The predicted molar refractivity (Wildman–Crippen MR) is 124 cm³/mol. The topological polar surface area (TPSA) is 98.5 Å². The van der Waals surface area contributed by atoms with Gasteiger partial charge in [-0.15, -0.1) is 0 Å². The van der Waals surface area contributed by atoms with Crippen LogP contribution in [0.2, 0.25) is 0 Å². The molecule has 0 bridgehead atoms. The van der Waals surface area contributed by atoms with Gasteiger partial charge in [-0.1, -0.05) is 29.5 Å². The van der Waals surface area contributed by atoms with E-state index in [0.29, 0.717) is 16.4 Å². The second-order valence-corrected chi connectivity index (χ2v) is 7.81. The van der Waals surface area contributed by atoms with Gasteiger partial charge in [0.25, 0.3) is 11.6 Å².